The van der Waals surface area contributed by atoms with E-state index in [2.05, 4.69) is 11.4 Å². The summed E-state index contributed by atoms with van der Waals surface area (Å²) in [5.41, 5.74) is -3.42. The van der Waals surface area contributed by atoms with Gasteiger partial charge in [-0.2, -0.15) is 18.4 Å². The van der Waals surface area contributed by atoms with E-state index in [0.717, 1.165) is 6.42 Å². The third-order valence-electron chi connectivity index (χ3n) is 8.06. The Kier molecular flexibility index (Phi) is 7.22. The predicted molar refractivity (Wildman–Crippen MR) is 113 cm³/mol. The van der Waals surface area contributed by atoms with Crippen LogP contribution in [0.1, 0.15) is 65.7 Å². The number of ether oxygens (including phenoxy) is 1. The summed E-state index contributed by atoms with van der Waals surface area (Å²) < 4.78 is 62.0. The van der Waals surface area contributed by atoms with Crippen molar-refractivity contribution in [1.82, 2.24) is 5.32 Å². The number of rotatable bonds is 6. The van der Waals surface area contributed by atoms with Gasteiger partial charge in [0.05, 0.1) is 12.2 Å². The summed E-state index contributed by atoms with van der Waals surface area (Å²) in [5, 5.41) is 23.5. The van der Waals surface area contributed by atoms with Crippen molar-refractivity contribution in [1.29, 1.82) is 5.26 Å². The van der Waals surface area contributed by atoms with Gasteiger partial charge >= 0.3 is 6.18 Å². The van der Waals surface area contributed by atoms with Gasteiger partial charge in [0.1, 0.15) is 6.17 Å². The van der Waals surface area contributed by atoms with E-state index in [-0.39, 0.29) is 36.1 Å². The number of nitriles is 1. The molecule has 8 unspecified atom stereocenters. The molecule has 2 aliphatic carbocycles. The minimum Gasteiger partial charge on any atom is -0.385 e. The molecule has 2 saturated carbocycles. The van der Waals surface area contributed by atoms with Gasteiger partial charge in [0.2, 0.25) is 0 Å². The zero-order chi connectivity index (χ0) is 23.9. The van der Waals surface area contributed by atoms with Crippen LogP contribution in [0.2, 0.25) is 0 Å². The number of hydrogen-bond donors (Lipinski definition) is 2. The number of hydrogen-bond acceptors (Lipinski definition) is 4. The van der Waals surface area contributed by atoms with Crippen LogP contribution in [0.3, 0.4) is 0 Å². The second kappa shape index (κ2) is 9.13. The summed E-state index contributed by atoms with van der Waals surface area (Å²) in [4.78, 5) is 0. The first-order chi connectivity index (χ1) is 14.8. The van der Waals surface area contributed by atoms with E-state index < -0.39 is 42.3 Å². The monoisotopic (exact) mass is 460 g/mol. The highest BCUT2D eigenvalue weighted by Gasteiger charge is 2.58. The van der Waals surface area contributed by atoms with Crippen LogP contribution in [0, 0.1) is 40.4 Å². The highest BCUT2D eigenvalue weighted by atomic mass is 19.4. The van der Waals surface area contributed by atoms with Gasteiger partial charge in [0, 0.05) is 43.5 Å². The fourth-order valence-electron chi connectivity index (χ4n) is 6.43. The number of alkyl halides is 4. The second-order valence-electron chi connectivity index (χ2n) is 11.0. The average molecular weight is 461 g/mol. The second-order valence-corrected chi connectivity index (χ2v) is 11.0. The molecule has 3 rings (SSSR count). The molecule has 0 aromatic heterocycles. The highest BCUT2D eigenvalue weighted by Crippen LogP contribution is 2.50. The molecule has 4 nitrogen and oxygen atoms in total. The molecular weight excluding hydrogens is 424 g/mol. The van der Waals surface area contributed by atoms with Crippen molar-refractivity contribution in [2.75, 3.05) is 7.11 Å². The molecule has 0 radical (unpaired) electrons. The van der Waals surface area contributed by atoms with Gasteiger partial charge < -0.3 is 15.2 Å². The molecule has 182 valence electrons. The van der Waals surface area contributed by atoms with Crippen molar-refractivity contribution < 1.29 is 27.4 Å². The number of methoxy groups -OCH3 is 1. The molecule has 0 spiro atoms. The van der Waals surface area contributed by atoms with E-state index in [4.69, 9.17) is 4.74 Å². The van der Waals surface area contributed by atoms with Gasteiger partial charge in [-0.25, -0.2) is 4.39 Å². The van der Waals surface area contributed by atoms with Crippen LogP contribution < -0.4 is 5.32 Å². The quantitative estimate of drug-likeness (QED) is 0.529. The van der Waals surface area contributed by atoms with Crippen LogP contribution >= 0.6 is 0 Å². The van der Waals surface area contributed by atoms with Crippen molar-refractivity contribution >= 4 is 0 Å². The van der Waals surface area contributed by atoms with Crippen molar-refractivity contribution in [3.05, 3.63) is 11.8 Å². The van der Waals surface area contributed by atoms with Crippen LogP contribution in [0.15, 0.2) is 11.8 Å². The number of fused-ring (bicyclic) bond motifs is 1. The van der Waals surface area contributed by atoms with Crippen LogP contribution in [-0.2, 0) is 4.74 Å². The molecule has 2 fully saturated rings. The summed E-state index contributed by atoms with van der Waals surface area (Å²) in [6, 6.07) is 2.22. The molecule has 1 aliphatic heterocycles. The number of nitrogens with zero attached hydrogens (tertiary/aromatic N) is 1. The lowest BCUT2D eigenvalue weighted by molar-refractivity contribution is -0.273. The Morgan fingerprint density at radius 3 is 2.50 bits per heavy atom. The summed E-state index contributed by atoms with van der Waals surface area (Å²) in [6.07, 6.45) is -3.28. The van der Waals surface area contributed by atoms with Gasteiger partial charge in [-0.1, -0.05) is 26.8 Å². The minimum atomic E-state index is -4.82. The lowest BCUT2D eigenvalue weighted by atomic mass is 9.64. The maximum atomic E-state index is 14.2. The summed E-state index contributed by atoms with van der Waals surface area (Å²) in [7, 11) is 1.46. The van der Waals surface area contributed by atoms with E-state index in [1.165, 1.54) is 7.11 Å². The van der Waals surface area contributed by atoms with E-state index in [9.17, 15) is 27.9 Å². The normalized spacial score (nSPS) is 37.6. The number of halogens is 4. The molecule has 8 heteroatoms. The molecule has 0 aromatic carbocycles. The van der Waals surface area contributed by atoms with Gasteiger partial charge in [-0.15, -0.1) is 0 Å². The first kappa shape index (κ1) is 25.3. The van der Waals surface area contributed by atoms with Gasteiger partial charge in [0.25, 0.3) is 0 Å². The summed E-state index contributed by atoms with van der Waals surface area (Å²) in [5.74, 6) is -0.128. The first-order valence-corrected chi connectivity index (χ1v) is 11.6. The molecule has 2 N–H and O–H groups in total. The predicted octanol–water partition coefficient (Wildman–Crippen LogP) is 5.28. The van der Waals surface area contributed by atoms with Crippen LogP contribution in [-0.4, -0.2) is 42.3 Å². The third kappa shape index (κ3) is 5.09. The minimum absolute atomic E-state index is 0.0674. The number of nitrogens with one attached hydrogen (secondary N) is 1. The van der Waals surface area contributed by atoms with Crippen molar-refractivity contribution in [3.8, 4) is 6.07 Å². The SMILES string of the molecule is COC1CC(F)CCC1C(C)(C)CC(O)(CC1=CC2C(C)CC(C#N)CC2N1)C(F)(F)F. The first-order valence-electron chi connectivity index (χ1n) is 11.6. The third-order valence-corrected chi connectivity index (χ3v) is 8.06. The van der Waals surface area contributed by atoms with Crippen LogP contribution in [0.25, 0.3) is 0 Å². The maximum absolute atomic E-state index is 14.2. The fraction of sp³-hybridized carbons (Fsp3) is 0.875. The van der Waals surface area contributed by atoms with Crippen LogP contribution in [0.5, 0.6) is 0 Å². The molecule has 0 amide bonds. The zero-order valence-corrected chi connectivity index (χ0v) is 19.4. The highest BCUT2D eigenvalue weighted by molar-refractivity contribution is 5.20. The van der Waals surface area contributed by atoms with Crippen molar-refractivity contribution in [2.24, 2.45) is 29.1 Å². The Morgan fingerprint density at radius 2 is 1.91 bits per heavy atom. The van der Waals surface area contributed by atoms with Gasteiger partial charge in [0.15, 0.2) is 5.60 Å². The fourth-order valence-corrected chi connectivity index (χ4v) is 6.43. The molecule has 0 saturated heterocycles. The van der Waals surface area contributed by atoms with E-state index in [1.54, 1.807) is 13.8 Å². The lowest BCUT2D eigenvalue weighted by Gasteiger charge is -2.46. The number of aliphatic hydroxyl groups is 1. The Morgan fingerprint density at radius 1 is 1.22 bits per heavy atom. The maximum Gasteiger partial charge on any atom is 0.417 e. The molecule has 8 atom stereocenters. The molecule has 1 heterocycles. The lowest BCUT2D eigenvalue weighted by Crippen LogP contribution is -2.52. The topological polar surface area (TPSA) is 65.3 Å². The van der Waals surface area contributed by atoms with E-state index in [0.29, 0.717) is 25.0 Å². The Balaban J connectivity index is 1.79. The smallest absolute Gasteiger partial charge is 0.385 e. The summed E-state index contributed by atoms with van der Waals surface area (Å²) in [6.45, 7) is 5.46. The average Bonchev–Trinajstić information content (AvgIpc) is 3.08. The molecule has 0 aromatic rings. The van der Waals surface area contributed by atoms with Crippen LogP contribution in [0.4, 0.5) is 17.6 Å². The molecule has 3 aliphatic rings. The zero-order valence-electron chi connectivity index (χ0n) is 19.4. The van der Waals surface area contributed by atoms with E-state index >= 15 is 0 Å². The Hall–Kier alpha value is -1.33. The molecule has 0 bridgehead atoms. The van der Waals surface area contributed by atoms with Gasteiger partial charge in [-0.3, -0.25) is 0 Å². The largest absolute Gasteiger partial charge is 0.417 e. The molecular formula is C24H36F4N2O2. The van der Waals surface area contributed by atoms with Gasteiger partial charge in [-0.05, 0) is 49.4 Å². The van der Waals surface area contributed by atoms with Crippen molar-refractivity contribution in [2.45, 2.75) is 95.8 Å². The standard InChI is InChI=1S/C24H36F4N2O2/c1-14-7-15(12-29)8-20-18(14)10-17(30-20)11-23(31,24(26,27)28)13-22(2,3)19-6-5-16(25)9-21(19)32-4/h10,14-16,18-21,30-31H,5-9,11,13H2,1-4H3. The Labute approximate surface area is 188 Å². The van der Waals surface area contributed by atoms with Crippen molar-refractivity contribution in [3.63, 3.8) is 0 Å². The summed E-state index contributed by atoms with van der Waals surface area (Å²) >= 11 is 0. The Bertz CT molecular complexity index is 747. The van der Waals surface area contributed by atoms with E-state index in [1.807, 2.05) is 13.0 Å². The molecule has 32 heavy (non-hydrogen) atoms.